The van der Waals surface area contributed by atoms with E-state index >= 15 is 0 Å². The highest BCUT2D eigenvalue weighted by Gasteiger charge is 2.13. The Hall–Kier alpha value is -1.79. The molecule has 0 spiro atoms. The first kappa shape index (κ1) is 13.6. The van der Waals surface area contributed by atoms with E-state index in [0.29, 0.717) is 22.4 Å². The van der Waals surface area contributed by atoms with Gasteiger partial charge in [0.25, 0.3) is 0 Å². The number of nitrogens with zero attached hydrogens (tertiary/aromatic N) is 2. The third-order valence-corrected chi connectivity index (χ3v) is 2.96. The molecule has 1 heterocycles. The first-order valence-corrected chi connectivity index (χ1v) is 6.09. The maximum Gasteiger partial charge on any atom is 0.320 e. The van der Waals surface area contributed by atoms with Crippen molar-refractivity contribution in [1.29, 1.82) is 0 Å². The lowest BCUT2D eigenvalue weighted by Crippen LogP contribution is -2.04. The van der Waals surface area contributed by atoms with Gasteiger partial charge in [-0.05, 0) is 25.5 Å². The second-order valence-corrected chi connectivity index (χ2v) is 4.57. The van der Waals surface area contributed by atoms with Crippen LogP contribution >= 0.6 is 11.6 Å². The zero-order chi connectivity index (χ0) is 14.0. The summed E-state index contributed by atoms with van der Waals surface area (Å²) in [5.41, 5.74) is 7.27. The standard InChI is InChI=1S/C12H15ClN4O2/c1-6-4-9(10(18-3)5-8(6)13)15-12-17-16-11(19-12)7(2)14/h4-5,7H,14H2,1-3H3,(H,15,17). The van der Waals surface area contributed by atoms with Crippen molar-refractivity contribution >= 4 is 23.3 Å². The first-order valence-electron chi connectivity index (χ1n) is 5.71. The minimum absolute atomic E-state index is 0.257. The molecule has 2 rings (SSSR count). The van der Waals surface area contributed by atoms with Gasteiger partial charge in [0.2, 0.25) is 5.89 Å². The number of anilines is 2. The van der Waals surface area contributed by atoms with Crippen LogP contribution in [0.5, 0.6) is 5.75 Å². The zero-order valence-electron chi connectivity index (χ0n) is 10.9. The van der Waals surface area contributed by atoms with E-state index in [1.807, 2.05) is 13.0 Å². The van der Waals surface area contributed by atoms with E-state index in [-0.39, 0.29) is 12.1 Å². The monoisotopic (exact) mass is 282 g/mol. The fourth-order valence-corrected chi connectivity index (χ4v) is 1.67. The van der Waals surface area contributed by atoms with Crippen molar-refractivity contribution in [2.24, 2.45) is 5.73 Å². The molecular formula is C12H15ClN4O2. The smallest absolute Gasteiger partial charge is 0.320 e. The molecule has 0 aliphatic carbocycles. The van der Waals surface area contributed by atoms with Crippen LogP contribution in [0.4, 0.5) is 11.7 Å². The fraction of sp³-hybridized carbons (Fsp3) is 0.333. The van der Waals surface area contributed by atoms with Crippen molar-refractivity contribution in [1.82, 2.24) is 10.2 Å². The van der Waals surface area contributed by atoms with E-state index in [9.17, 15) is 0 Å². The molecule has 0 aliphatic heterocycles. The van der Waals surface area contributed by atoms with Gasteiger partial charge in [0.15, 0.2) is 0 Å². The molecule has 1 aromatic carbocycles. The molecule has 2 aromatic rings. The van der Waals surface area contributed by atoms with Crippen LogP contribution in [0.25, 0.3) is 0 Å². The van der Waals surface area contributed by atoms with Gasteiger partial charge in [0.1, 0.15) is 5.75 Å². The lowest BCUT2D eigenvalue weighted by atomic mass is 10.2. The molecule has 7 heteroatoms. The molecule has 3 N–H and O–H groups in total. The molecule has 0 amide bonds. The molecule has 6 nitrogen and oxygen atoms in total. The number of methoxy groups -OCH3 is 1. The maximum absolute atomic E-state index is 6.04. The fourth-order valence-electron chi connectivity index (χ4n) is 1.51. The Balaban J connectivity index is 2.29. The molecule has 19 heavy (non-hydrogen) atoms. The Bertz CT molecular complexity index is 583. The number of aryl methyl sites for hydroxylation is 1. The number of ether oxygens (including phenoxy) is 1. The quantitative estimate of drug-likeness (QED) is 0.897. The highest BCUT2D eigenvalue weighted by Crippen LogP contribution is 2.32. The summed E-state index contributed by atoms with van der Waals surface area (Å²) in [6.45, 7) is 3.67. The van der Waals surface area contributed by atoms with Gasteiger partial charge in [-0.25, -0.2) is 0 Å². The molecule has 1 aromatic heterocycles. The lowest BCUT2D eigenvalue weighted by molar-refractivity contribution is 0.416. The number of nitrogens with two attached hydrogens (primary N) is 1. The van der Waals surface area contributed by atoms with Crippen molar-refractivity contribution in [3.05, 3.63) is 28.6 Å². The molecule has 0 saturated heterocycles. The molecule has 0 radical (unpaired) electrons. The van der Waals surface area contributed by atoms with Crippen molar-refractivity contribution in [3.8, 4) is 5.75 Å². The molecule has 0 bridgehead atoms. The van der Waals surface area contributed by atoms with Crippen LogP contribution in [0.15, 0.2) is 16.5 Å². The summed E-state index contributed by atoms with van der Waals surface area (Å²) in [6.07, 6.45) is 0. The van der Waals surface area contributed by atoms with Crippen LogP contribution < -0.4 is 15.8 Å². The Morgan fingerprint density at radius 3 is 2.74 bits per heavy atom. The molecule has 0 aliphatic rings. The summed E-state index contributed by atoms with van der Waals surface area (Å²) >= 11 is 6.04. The third kappa shape index (κ3) is 2.97. The number of nitrogens with one attached hydrogen (secondary N) is 1. The number of benzene rings is 1. The Morgan fingerprint density at radius 1 is 1.42 bits per heavy atom. The second-order valence-electron chi connectivity index (χ2n) is 4.16. The summed E-state index contributed by atoms with van der Waals surface area (Å²) in [5.74, 6) is 0.961. The van der Waals surface area contributed by atoms with E-state index in [1.54, 1.807) is 20.1 Å². The first-order chi connectivity index (χ1) is 9.01. The number of rotatable bonds is 4. The number of aromatic nitrogens is 2. The van der Waals surface area contributed by atoms with Gasteiger partial charge in [-0.1, -0.05) is 16.7 Å². The van der Waals surface area contributed by atoms with Crippen LogP contribution in [0, 0.1) is 6.92 Å². The highest BCUT2D eigenvalue weighted by atomic mass is 35.5. The van der Waals surface area contributed by atoms with Gasteiger partial charge >= 0.3 is 6.01 Å². The van der Waals surface area contributed by atoms with E-state index in [2.05, 4.69) is 15.5 Å². The minimum atomic E-state index is -0.308. The largest absolute Gasteiger partial charge is 0.495 e. The van der Waals surface area contributed by atoms with Crippen molar-refractivity contribution in [3.63, 3.8) is 0 Å². The average molecular weight is 283 g/mol. The lowest BCUT2D eigenvalue weighted by Gasteiger charge is -2.10. The van der Waals surface area contributed by atoms with Crippen LogP contribution in [0.3, 0.4) is 0 Å². The van der Waals surface area contributed by atoms with E-state index < -0.39 is 0 Å². The summed E-state index contributed by atoms with van der Waals surface area (Å²) < 4.78 is 10.6. The maximum atomic E-state index is 6.04. The summed E-state index contributed by atoms with van der Waals surface area (Å²) in [5, 5.41) is 11.3. The number of hydrogen-bond acceptors (Lipinski definition) is 6. The molecule has 1 unspecified atom stereocenters. The molecule has 0 saturated carbocycles. The Kier molecular flexibility index (Phi) is 3.92. The van der Waals surface area contributed by atoms with Gasteiger partial charge in [-0.2, -0.15) is 0 Å². The van der Waals surface area contributed by atoms with Crippen molar-refractivity contribution in [2.45, 2.75) is 19.9 Å². The number of hydrogen-bond donors (Lipinski definition) is 2. The van der Waals surface area contributed by atoms with E-state index in [0.717, 1.165) is 5.56 Å². The second kappa shape index (κ2) is 5.46. The summed E-state index contributed by atoms with van der Waals surface area (Å²) in [4.78, 5) is 0. The predicted molar refractivity (Wildman–Crippen MR) is 72.9 cm³/mol. The van der Waals surface area contributed by atoms with Gasteiger partial charge in [0, 0.05) is 11.1 Å². The molecular weight excluding hydrogens is 268 g/mol. The van der Waals surface area contributed by atoms with Gasteiger partial charge in [0.05, 0.1) is 18.8 Å². The SMILES string of the molecule is COc1cc(Cl)c(C)cc1Nc1nnc(C(C)N)o1. The molecule has 102 valence electrons. The molecule has 1 atom stereocenters. The molecule has 0 fully saturated rings. The van der Waals surface area contributed by atoms with Gasteiger partial charge < -0.3 is 20.2 Å². The number of halogens is 1. The zero-order valence-corrected chi connectivity index (χ0v) is 11.7. The van der Waals surface area contributed by atoms with Crippen molar-refractivity contribution < 1.29 is 9.15 Å². The van der Waals surface area contributed by atoms with Crippen LogP contribution in [0.2, 0.25) is 5.02 Å². The van der Waals surface area contributed by atoms with Crippen LogP contribution in [0.1, 0.15) is 24.4 Å². The van der Waals surface area contributed by atoms with Gasteiger partial charge in [-0.15, -0.1) is 5.10 Å². The van der Waals surface area contributed by atoms with E-state index in [4.69, 9.17) is 26.5 Å². The predicted octanol–water partition coefficient (Wildman–Crippen LogP) is 2.80. The normalized spacial score (nSPS) is 12.3. The van der Waals surface area contributed by atoms with Crippen LogP contribution in [-0.2, 0) is 0 Å². The van der Waals surface area contributed by atoms with Crippen LogP contribution in [-0.4, -0.2) is 17.3 Å². The van der Waals surface area contributed by atoms with E-state index in [1.165, 1.54) is 0 Å². The summed E-state index contributed by atoms with van der Waals surface area (Å²) in [6, 6.07) is 3.52. The third-order valence-electron chi connectivity index (χ3n) is 2.55. The Morgan fingerprint density at radius 2 is 2.16 bits per heavy atom. The van der Waals surface area contributed by atoms with Gasteiger partial charge in [-0.3, -0.25) is 0 Å². The Labute approximate surface area is 115 Å². The van der Waals surface area contributed by atoms with Crippen molar-refractivity contribution in [2.75, 3.05) is 12.4 Å². The minimum Gasteiger partial charge on any atom is -0.495 e. The average Bonchev–Trinajstić information content (AvgIpc) is 2.82. The summed E-state index contributed by atoms with van der Waals surface area (Å²) in [7, 11) is 1.56. The highest BCUT2D eigenvalue weighted by molar-refractivity contribution is 6.31. The topological polar surface area (TPSA) is 86.2 Å².